The summed E-state index contributed by atoms with van der Waals surface area (Å²) in [5.74, 6) is -0.917. The summed E-state index contributed by atoms with van der Waals surface area (Å²) in [6.45, 7) is 3.49. The fraction of sp³-hybridized carbons (Fsp3) is 0.417. The van der Waals surface area contributed by atoms with Gasteiger partial charge in [-0.05, 0) is 34.7 Å². The first-order chi connectivity index (χ1) is 10.8. The second-order valence-electron chi connectivity index (χ2n) is 4.69. The van der Waals surface area contributed by atoms with E-state index in [4.69, 9.17) is 4.74 Å². The predicted molar refractivity (Wildman–Crippen MR) is 81.4 cm³/mol. The van der Waals surface area contributed by atoms with Crippen molar-refractivity contribution in [3.63, 3.8) is 0 Å². The number of halogens is 1. The molecule has 0 bridgehead atoms. The fourth-order valence-electron chi connectivity index (χ4n) is 2.16. The lowest BCUT2D eigenvalue weighted by molar-refractivity contribution is -0.390. The van der Waals surface area contributed by atoms with Crippen molar-refractivity contribution in [2.24, 2.45) is 0 Å². The molecule has 0 aromatic carbocycles. The zero-order chi connectivity index (χ0) is 17.1. The summed E-state index contributed by atoms with van der Waals surface area (Å²) in [7, 11) is 0. The Labute approximate surface area is 139 Å². The summed E-state index contributed by atoms with van der Waals surface area (Å²) in [5.41, 5.74) is 0.533. The van der Waals surface area contributed by atoms with Gasteiger partial charge in [-0.3, -0.25) is 0 Å². The Balaban J connectivity index is 2.37. The van der Waals surface area contributed by atoms with Crippen molar-refractivity contribution < 1.29 is 19.2 Å². The summed E-state index contributed by atoms with van der Waals surface area (Å²) in [5, 5.41) is 19.7. The van der Waals surface area contributed by atoms with Crippen molar-refractivity contribution in [3.05, 3.63) is 32.1 Å². The SMILES string of the molecule is CCOC(=O)C1=C(Cn2cc(Br)c([N+](=O)[O-])n2)NC(=O)NC1C. The van der Waals surface area contributed by atoms with E-state index >= 15 is 0 Å². The number of rotatable bonds is 5. The zero-order valence-corrected chi connectivity index (χ0v) is 13.9. The Hall–Kier alpha value is -2.43. The van der Waals surface area contributed by atoms with E-state index in [0.29, 0.717) is 0 Å². The highest BCUT2D eigenvalue weighted by molar-refractivity contribution is 9.10. The van der Waals surface area contributed by atoms with Gasteiger partial charge in [-0.15, -0.1) is 0 Å². The molecule has 0 saturated heterocycles. The van der Waals surface area contributed by atoms with Crippen LogP contribution < -0.4 is 10.6 Å². The molecule has 0 fully saturated rings. The van der Waals surface area contributed by atoms with Gasteiger partial charge >= 0.3 is 17.8 Å². The number of carbonyl (C=O) groups excluding carboxylic acids is 2. The molecule has 124 valence electrons. The lowest BCUT2D eigenvalue weighted by Gasteiger charge is -2.26. The van der Waals surface area contributed by atoms with Crippen molar-refractivity contribution >= 4 is 33.7 Å². The van der Waals surface area contributed by atoms with Gasteiger partial charge in [0.2, 0.25) is 0 Å². The Morgan fingerprint density at radius 3 is 2.87 bits per heavy atom. The van der Waals surface area contributed by atoms with Crippen LogP contribution in [0.4, 0.5) is 10.6 Å². The number of allylic oxidation sites excluding steroid dienone is 1. The topological polar surface area (TPSA) is 128 Å². The summed E-state index contributed by atoms with van der Waals surface area (Å²) in [4.78, 5) is 33.9. The van der Waals surface area contributed by atoms with Crippen LogP contribution in [0.3, 0.4) is 0 Å². The minimum atomic E-state index is -0.634. The normalized spacial score (nSPS) is 17.5. The second-order valence-corrected chi connectivity index (χ2v) is 5.54. The van der Waals surface area contributed by atoms with E-state index in [-0.39, 0.29) is 34.7 Å². The lowest BCUT2D eigenvalue weighted by Crippen LogP contribution is -2.49. The van der Waals surface area contributed by atoms with Gasteiger partial charge in [0, 0.05) is 0 Å². The number of urea groups is 1. The first kappa shape index (κ1) is 16.9. The van der Waals surface area contributed by atoms with Crippen molar-refractivity contribution in [3.8, 4) is 0 Å². The number of hydrogen-bond donors (Lipinski definition) is 2. The number of nitro groups is 1. The molecular weight excluding hydrogens is 374 g/mol. The first-order valence-electron chi connectivity index (χ1n) is 6.68. The number of aromatic nitrogens is 2. The van der Waals surface area contributed by atoms with E-state index in [0.717, 1.165) is 0 Å². The molecule has 0 aliphatic carbocycles. The van der Waals surface area contributed by atoms with Crippen molar-refractivity contribution in [1.29, 1.82) is 0 Å². The van der Waals surface area contributed by atoms with Gasteiger partial charge in [0.15, 0.2) is 0 Å². The van der Waals surface area contributed by atoms with E-state index in [9.17, 15) is 19.7 Å². The van der Waals surface area contributed by atoms with Crippen LogP contribution in [0.15, 0.2) is 21.9 Å². The maximum absolute atomic E-state index is 12.1. The Morgan fingerprint density at radius 1 is 1.61 bits per heavy atom. The molecule has 10 nitrogen and oxygen atoms in total. The number of nitrogens with one attached hydrogen (secondary N) is 2. The molecule has 0 spiro atoms. The van der Waals surface area contributed by atoms with Gasteiger partial charge in [0.25, 0.3) is 0 Å². The summed E-state index contributed by atoms with van der Waals surface area (Å²) < 4.78 is 6.45. The number of carbonyl (C=O) groups is 2. The van der Waals surface area contributed by atoms with Gasteiger partial charge in [0.05, 0.1) is 35.2 Å². The molecule has 1 atom stereocenters. The van der Waals surface area contributed by atoms with Crippen LogP contribution in [0.25, 0.3) is 0 Å². The summed E-state index contributed by atoms with van der Waals surface area (Å²) >= 11 is 3.04. The molecular formula is C12H14BrN5O5. The monoisotopic (exact) mass is 387 g/mol. The fourth-order valence-corrected chi connectivity index (χ4v) is 2.62. The van der Waals surface area contributed by atoms with E-state index < -0.39 is 23.0 Å². The van der Waals surface area contributed by atoms with Gasteiger partial charge in [-0.2, -0.15) is 4.68 Å². The van der Waals surface area contributed by atoms with E-state index in [1.807, 2.05) is 0 Å². The van der Waals surface area contributed by atoms with E-state index in [1.165, 1.54) is 10.9 Å². The highest BCUT2D eigenvalue weighted by atomic mass is 79.9. The van der Waals surface area contributed by atoms with Crippen LogP contribution in [0, 0.1) is 10.1 Å². The van der Waals surface area contributed by atoms with Crippen LogP contribution >= 0.6 is 15.9 Å². The van der Waals surface area contributed by atoms with Crippen molar-refractivity contribution in [2.45, 2.75) is 26.4 Å². The predicted octanol–water partition coefficient (Wildman–Crippen LogP) is 1.07. The van der Waals surface area contributed by atoms with Crippen LogP contribution in [0.2, 0.25) is 0 Å². The largest absolute Gasteiger partial charge is 0.463 e. The Kier molecular flexibility index (Phi) is 4.98. The molecule has 2 heterocycles. The van der Waals surface area contributed by atoms with E-state index in [2.05, 4.69) is 31.7 Å². The minimum absolute atomic E-state index is 0.0155. The number of esters is 1. The van der Waals surface area contributed by atoms with Crippen molar-refractivity contribution in [2.75, 3.05) is 6.61 Å². The summed E-state index contributed by atoms with van der Waals surface area (Å²) in [6, 6.07) is -1.02. The maximum atomic E-state index is 12.1. The molecule has 1 unspecified atom stereocenters. The number of hydrogen-bond acceptors (Lipinski definition) is 6. The van der Waals surface area contributed by atoms with Crippen molar-refractivity contribution in [1.82, 2.24) is 20.4 Å². The smallest absolute Gasteiger partial charge is 0.404 e. The van der Waals surface area contributed by atoms with E-state index in [1.54, 1.807) is 13.8 Å². The third-order valence-electron chi connectivity index (χ3n) is 3.06. The molecule has 1 aliphatic heterocycles. The Morgan fingerprint density at radius 2 is 2.30 bits per heavy atom. The third-order valence-corrected chi connectivity index (χ3v) is 3.62. The minimum Gasteiger partial charge on any atom is -0.463 e. The first-order valence-corrected chi connectivity index (χ1v) is 7.47. The molecule has 0 saturated carbocycles. The zero-order valence-electron chi connectivity index (χ0n) is 12.3. The third kappa shape index (κ3) is 3.67. The molecule has 2 N–H and O–H groups in total. The molecule has 2 rings (SSSR count). The number of nitrogens with zero attached hydrogens (tertiary/aromatic N) is 3. The van der Waals surface area contributed by atoms with Gasteiger partial charge < -0.3 is 25.5 Å². The van der Waals surface area contributed by atoms with Crippen LogP contribution in [0.1, 0.15) is 13.8 Å². The van der Waals surface area contributed by atoms with Gasteiger partial charge in [-0.25, -0.2) is 9.59 Å². The average molecular weight is 388 g/mol. The highest BCUT2D eigenvalue weighted by Gasteiger charge is 2.31. The van der Waals surface area contributed by atoms with Crippen LogP contribution in [0.5, 0.6) is 0 Å². The van der Waals surface area contributed by atoms with Gasteiger partial charge in [0.1, 0.15) is 11.0 Å². The maximum Gasteiger partial charge on any atom is 0.404 e. The number of amides is 2. The van der Waals surface area contributed by atoms with Gasteiger partial charge in [-0.1, -0.05) is 0 Å². The molecule has 1 aromatic heterocycles. The molecule has 23 heavy (non-hydrogen) atoms. The molecule has 1 aromatic rings. The number of ether oxygens (including phenoxy) is 1. The van der Waals surface area contributed by atoms with Crippen LogP contribution in [-0.4, -0.2) is 39.4 Å². The standard InChI is InChI=1S/C12H14BrN5O5/c1-3-23-11(19)9-6(2)14-12(20)15-8(9)5-17-4-7(13)10(16-17)18(21)22/h4,6H,3,5H2,1-2H3,(H2,14,15,20). The summed E-state index contributed by atoms with van der Waals surface area (Å²) in [6.07, 6.45) is 1.40. The second kappa shape index (κ2) is 6.77. The van der Waals surface area contributed by atoms with Crippen LogP contribution in [-0.2, 0) is 16.1 Å². The highest BCUT2D eigenvalue weighted by Crippen LogP contribution is 2.23. The molecule has 0 radical (unpaired) electrons. The lowest BCUT2D eigenvalue weighted by atomic mass is 10.0. The Bertz CT molecular complexity index is 698. The molecule has 1 aliphatic rings. The quantitative estimate of drug-likeness (QED) is 0.441. The molecule has 2 amide bonds. The average Bonchev–Trinajstić information content (AvgIpc) is 2.79. The molecule has 11 heteroatoms.